The van der Waals surface area contributed by atoms with Crippen molar-refractivity contribution in [2.45, 2.75) is 116 Å². The zero-order valence-corrected chi connectivity index (χ0v) is 27.9. The fourth-order valence-electron chi connectivity index (χ4n) is 5.24. The van der Waals surface area contributed by atoms with Crippen LogP contribution in [-0.4, -0.2) is 100 Å². The summed E-state index contributed by atoms with van der Waals surface area (Å²) in [7, 11) is 4.59. The molecule has 0 saturated carbocycles. The lowest BCUT2D eigenvalue weighted by molar-refractivity contribution is -0.154. The highest BCUT2D eigenvalue weighted by molar-refractivity contribution is 5.94. The number of phenols is 1. The average molecular weight is 621 g/mol. The number of likely N-dealkylation sites (N-methyl/N-ethyl adjacent to an activating group) is 3. The van der Waals surface area contributed by atoms with E-state index in [0.717, 1.165) is 37.0 Å². The van der Waals surface area contributed by atoms with Gasteiger partial charge in [-0.1, -0.05) is 78.9 Å². The van der Waals surface area contributed by atoms with Gasteiger partial charge in [0.25, 0.3) is 5.91 Å². The highest BCUT2D eigenvalue weighted by Crippen LogP contribution is 2.20. The standard InChI is InChI=1S/C33H56N4O7/c1-9-10-11-12-13-14-25(34-6)29(39)30(40)35-28(22(4)5)32(42)36(7)26(19-21(2)3)31(41)37(8)27(33(43)44)20-23-15-17-24(38)18-16-23/h15-18,21-22,25-29,34,38-39H,9-14,19-20H2,1-8H3,(H,35,40)(H,43,44)/t25-,26-,27+,28+,29-/m0/s1. The van der Waals surface area contributed by atoms with Crippen LogP contribution in [0.4, 0.5) is 0 Å². The van der Waals surface area contributed by atoms with Crippen molar-refractivity contribution in [3.8, 4) is 5.75 Å². The fourth-order valence-corrected chi connectivity index (χ4v) is 5.24. The van der Waals surface area contributed by atoms with Gasteiger partial charge in [-0.15, -0.1) is 0 Å². The number of carbonyl (C=O) groups excluding carboxylic acids is 3. The Balaban J connectivity index is 3.13. The molecule has 0 aromatic heterocycles. The van der Waals surface area contributed by atoms with E-state index in [1.807, 2.05) is 13.8 Å². The molecule has 0 aliphatic carbocycles. The normalized spacial score (nSPS) is 14.9. The topological polar surface area (TPSA) is 160 Å². The van der Waals surface area contributed by atoms with Crippen LogP contribution in [0.1, 0.15) is 85.1 Å². The van der Waals surface area contributed by atoms with Gasteiger partial charge in [0.2, 0.25) is 11.8 Å². The van der Waals surface area contributed by atoms with Crippen molar-refractivity contribution in [3.05, 3.63) is 29.8 Å². The first-order valence-corrected chi connectivity index (χ1v) is 15.9. The van der Waals surface area contributed by atoms with Gasteiger partial charge in [-0.25, -0.2) is 4.79 Å². The number of aromatic hydroxyl groups is 1. The predicted octanol–water partition coefficient (Wildman–Crippen LogP) is 3.17. The van der Waals surface area contributed by atoms with Gasteiger partial charge in [-0.2, -0.15) is 0 Å². The number of aliphatic hydroxyl groups is 1. The number of benzene rings is 1. The second kappa shape index (κ2) is 19.3. The van der Waals surface area contributed by atoms with Gasteiger partial charge >= 0.3 is 5.97 Å². The first-order chi connectivity index (χ1) is 20.7. The van der Waals surface area contributed by atoms with Gasteiger partial charge in [0.1, 0.15) is 30.0 Å². The molecule has 0 unspecified atom stereocenters. The quantitative estimate of drug-likeness (QED) is 0.139. The number of unbranched alkanes of at least 4 members (excludes halogenated alkanes) is 4. The van der Waals surface area contributed by atoms with Crippen LogP contribution in [0.15, 0.2) is 24.3 Å². The van der Waals surface area contributed by atoms with Crippen LogP contribution in [0.3, 0.4) is 0 Å². The molecule has 0 bridgehead atoms. The summed E-state index contributed by atoms with van der Waals surface area (Å²) < 4.78 is 0. The number of carbonyl (C=O) groups is 4. The van der Waals surface area contributed by atoms with Crippen molar-refractivity contribution >= 4 is 23.7 Å². The summed E-state index contributed by atoms with van der Waals surface area (Å²) in [5, 5.41) is 36.1. The number of amides is 3. The third kappa shape index (κ3) is 12.1. The van der Waals surface area contributed by atoms with Crippen molar-refractivity contribution < 1.29 is 34.5 Å². The number of phenolic OH excluding ortho intramolecular Hbond substituents is 1. The SMILES string of the molecule is CCCCCCC[C@H](NC)[C@H](O)C(=O)N[C@@H](C(=O)N(C)[C@@H](CC(C)C)C(=O)N(C)[C@H](Cc1ccc(O)cc1)C(=O)O)C(C)C. The minimum Gasteiger partial charge on any atom is -0.508 e. The summed E-state index contributed by atoms with van der Waals surface area (Å²) in [6.07, 6.45) is 4.78. The molecular formula is C33H56N4O7. The van der Waals surface area contributed by atoms with Crippen LogP contribution in [0.5, 0.6) is 5.75 Å². The summed E-state index contributed by atoms with van der Waals surface area (Å²) in [6, 6.07) is 2.43. The lowest BCUT2D eigenvalue weighted by Crippen LogP contribution is -2.59. The van der Waals surface area contributed by atoms with E-state index < -0.39 is 54.0 Å². The summed E-state index contributed by atoms with van der Waals surface area (Å²) in [5.41, 5.74) is 0.627. The van der Waals surface area contributed by atoms with Gasteiger partial charge in [0.05, 0.1) is 0 Å². The van der Waals surface area contributed by atoms with E-state index in [0.29, 0.717) is 12.0 Å². The maximum absolute atomic E-state index is 13.8. The summed E-state index contributed by atoms with van der Waals surface area (Å²) in [5.74, 6) is -3.20. The number of carboxylic acids is 1. The first kappa shape index (κ1) is 38.8. The van der Waals surface area contributed by atoms with Crippen molar-refractivity contribution in [3.63, 3.8) is 0 Å². The van der Waals surface area contributed by atoms with E-state index in [1.54, 1.807) is 33.0 Å². The minimum atomic E-state index is -1.36. The van der Waals surface area contributed by atoms with E-state index in [1.165, 1.54) is 31.1 Å². The summed E-state index contributed by atoms with van der Waals surface area (Å²) in [4.78, 5) is 55.5. The van der Waals surface area contributed by atoms with E-state index in [2.05, 4.69) is 17.6 Å². The first-order valence-electron chi connectivity index (χ1n) is 15.9. The molecule has 1 rings (SSSR count). The highest BCUT2D eigenvalue weighted by atomic mass is 16.4. The number of hydrogen-bond acceptors (Lipinski definition) is 7. The lowest BCUT2D eigenvalue weighted by Gasteiger charge is -2.37. The number of aliphatic hydroxyl groups excluding tert-OH is 1. The Bertz CT molecular complexity index is 1050. The molecule has 3 amide bonds. The minimum absolute atomic E-state index is 0.00407. The largest absolute Gasteiger partial charge is 0.508 e. The van der Waals surface area contributed by atoms with Crippen LogP contribution in [-0.2, 0) is 25.6 Å². The van der Waals surface area contributed by atoms with Crippen LogP contribution < -0.4 is 10.6 Å². The molecule has 5 atom stereocenters. The van der Waals surface area contributed by atoms with Crippen molar-refractivity contribution in [1.29, 1.82) is 0 Å². The van der Waals surface area contributed by atoms with Gasteiger partial charge in [0, 0.05) is 26.6 Å². The second-order valence-electron chi connectivity index (χ2n) is 12.5. The molecule has 0 radical (unpaired) electrons. The van der Waals surface area contributed by atoms with Gasteiger partial charge in [-0.3, -0.25) is 14.4 Å². The van der Waals surface area contributed by atoms with Crippen molar-refractivity contribution in [2.75, 3.05) is 21.1 Å². The molecule has 1 aromatic carbocycles. The van der Waals surface area contributed by atoms with Crippen LogP contribution in [0.2, 0.25) is 0 Å². The number of hydrogen-bond donors (Lipinski definition) is 5. The van der Waals surface area contributed by atoms with Crippen molar-refractivity contribution in [1.82, 2.24) is 20.4 Å². The smallest absolute Gasteiger partial charge is 0.326 e. The van der Waals surface area contributed by atoms with Crippen LogP contribution >= 0.6 is 0 Å². The number of nitrogens with zero attached hydrogens (tertiary/aromatic N) is 2. The lowest BCUT2D eigenvalue weighted by atomic mass is 9.96. The number of carboxylic acid groups (broad SMARTS) is 1. The molecular weight excluding hydrogens is 564 g/mol. The average Bonchev–Trinajstić information content (AvgIpc) is 2.97. The molecule has 0 spiro atoms. The molecule has 0 aliphatic heterocycles. The summed E-state index contributed by atoms with van der Waals surface area (Å²) >= 11 is 0. The fraction of sp³-hybridized carbons (Fsp3) is 0.697. The molecule has 44 heavy (non-hydrogen) atoms. The van der Waals surface area contributed by atoms with Gasteiger partial charge < -0.3 is 35.8 Å². The van der Waals surface area contributed by atoms with E-state index in [-0.39, 0.29) is 30.4 Å². The molecule has 0 saturated heterocycles. The molecule has 0 heterocycles. The monoisotopic (exact) mass is 620 g/mol. The van der Waals surface area contributed by atoms with Crippen molar-refractivity contribution in [2.24, 2.45) is 11.8 Å². The second-order valence-corrected chi connectivity index (χ2v) is 12.5. The molecule has 5 N–H and O–H groups in total. The highest BCUT2D eigenvalue weighted by Gasteiger charge is 2.39. The zero-order chi connectivity index (χ0) is 33.6. The third-order valence-electron chi connectivity index (χ3n) is 8.13. The van der Waals surface area contributed by atoms with E-state index in [4.69, 9.17) is 0 Å². The molecule has 11 nitrogen and oxygen atoms in total. The molecule has 0 fully saturated rings. The third-order valence-corrected chi connectivity index (χ3v) is 8.13. The Labute approximate surface area is 263 Å². The van der Waals surface area contributed by atoms with E-state index in [9.17, 15) is 34.5 Å². The number of aliphatic carboxylic acids is 1. The zero-order valence-electron chi connectivity index (χ0n) is 27.9. The number of rotatable bonds is 20. The Morgan fingerprint density at radius 3 is 1.93 bits per heavy atom. The van der Waals surface area contributed by atoms with Gasteiger partial charge in [0.15, 0.2) is 0 Å². The Kier molecular flexibility index (Phi) is 17.0. The summed E-state index contributed by atoms with van der Waals surface area (Å²) in [6.45, 7) is 9.50. The molecule has 250 valence electrons. The van der Waals surface area contributed by atoms with E-state index >= 15 is 0 Å². The maximum Gasteiger partial charge on any atom is 0.326 e. The molecule has 11 heteroatoms. The maximum atomic E-state index is 13.8. The Morgan fingerprint density at radius 2 is 1.43 bits per heavy atom. The molecule has 0 aliphatic rings. The molecule has 1 aromatic rings. The van der Waals surface area contributed by atoms with Gasteiger partial charge in [-0.05, 0) is 49.4 Å². The Morgan fingerprint density at radius 1 is 0.864 bits per heavy atom. The number of nitrogens with one attached hydrogen (secondary N) is 2. The van der Waals surface area contributed by atoms with Crippen LogP contribution in [0, 0.1) is 11.8 Å². The predicted molar refractivity (Wildman–Crippen MR) is 171 cm³/mol. The van der Waals surface area contributed by atoms with Crippen LogP contribution in [0.25, 0.3) is 0 Å². The Hall–Kier alpha value is -3.18.